The minimum atomic E-state index is -0.146. The van der Waals surface area contributed by atoms with Gasteiger partial charge in [-0.3, -0.25) is 0 Å². The van der Waals surface area contributed by atoms with Crippen LogP contribution in [0.15, 0.2) is 18.2 Å². The van der Waals surface area contributed by atoms with Gasteiger partial charge in [-0.25, -0.2) is 4.39 Å². The lowest BCUT2D eigenvalue weighted by Crippen LogP contribution is -2.30. The molecule has 0 saturated carbocycles. The zero-order chi connectivity index (χ0) is 11.3. The number of nitrogens with one attached hydrogen (secondary N) is 1. The standard InChI is InChI=1S/C13H20FN/c1-4-13(15-5-2)9-11-6-7-12(14)8-10(11)3/h6-8,13,15H,4-5,9H2,1-3H3. The van der Waals surface area contributed by atoms with Crippen molar-refractivity contribution in [3.05, 3.63) is 35.1 Å². The van der Waals surface area contributed by atoms with Crippen LogP contribution in [0, 0.1) is 12.7 Å². The topological polar surface area (TPSA) is 12.0 Å². The summed E-state index contributed by atoms with van der Waals surface area (Å²) in [5.74, 6) is -0.146. The van der Waals surface area contributed by atoms with Crippen molar-refractivity contribution in [2.24, 2.45) is 0 Å². The van der Waals surface area contributed by atoms with E-state index in [0.717, 1.165) is 24.9 Å². The van der Waals surface area contributed by atoms with Crippen molar-refractivity contribution in [3.63, 3.8) is 0 Å². The molecule has 0 radical (unpaired) electrons. The molecule has 0 aromatic heterocycles. The largest absolute Gasteiger partial charge is 0.314 e. The highest BCUT2D eigenvalue weighted by molar-refractivity contribution is 5.27. The highest BCUT2D eigenvalue weighted by atomic mass is 19.1. The second-order valence-corrected chi connectivity index (χ2v) is 3.94. The molecule has 0 heterocycles. The van der Waals surface area contributed by atoms with Crippen LogP contribution in [0.2, 0.25) is 0 Å². The van der Waals surface area contributed by atoms with Gasteiger partial charge in [-0.05, 0) is 49.6 Å². The summed E-state index contributed by atoms with van der Waals surface area (Å²) < 4.78 is 12.9. The fraction of sp³-hybridized carbons (Fsp3) is 0.538. The molecule has 0 aliphatic rings. The molecule has 1 aromatic rings. The molecule has 1 nitrogen and oxygen atoms in total. The monoisotopic (exact) mass is 209 g/mol. The number of aryl methyl sites for hydroxylation is 1. The van der Waals surface area contributed by atoms with Crippen molar-refractivity contribution < 1.29 is 4.39 Å². The summed E-state index contributed by atoms with van der Waals surface area (Å²) in [6.07, 6.45) is 2.08. The minimum Gasteiger partial charge on any atom is -0.314 e. The van der Waals surface area contributed by atoms with Gasteiger partial charge in [-0.2, -0.15) is 0 Å². The van der Waals surface area contributed by atoms with E-state index in [0.29, 0.717) is 6.04 Å². The Morgan fingerprint density at radius 2 is 2.07 bits per heavy atom. The Bertz CT molecular complexity index is 309. The fourth-order valence-electron chi connectivity index (χ4n) is 1.80. The van der Waals surface area contributed by atoms with Crippen LogP contribution in [-0.4, -0.2) is 12.6 Å². The van der Waals surface area contributed by atoms with E-state index in [-0.39, 0.29) is 5.82 Å². The first-order valence-corrected chi connectivity index (χ1v) is 5.65. The van der Waals surface area contributed by atoms with E-state index >= 15 is 0 Å². The summed E-state index contributed by atoms with van der Waals surface area (Å²) >= 11 is 0. The fourth-order valence-corrected chi connectivity index (χ4v) is 1.80. The third-order valence-corrected chi connectivity index (χ3v) is 2.76. The summed E-state index contributed by atoms with van der Waals surface area (Å²) in [6, 6.07) is 5.54. The maximum Gasteiger partial charge on any atom is 0.123 e. The van der Waals surface area contributed by atoms with Gasteiger partial charge >= 0.3 is 0 Å². The molecule has 0 amide bonds. The van der Waals surface area contributed by atoms with E-state index in [1.165, 1.54) is 5.56 Å². The summed E-state index contributed by atoms with van der Waals surface area (Å²) in [5, 5.41) is 3.43. The zero-order valence-corrected chi connectivity index (χ0v) is 9.81. The SMILES string of the molecule is CCNC(CC)Cc1ccc(F)cc1C. The summed E-state index contributed by atoms with van der Waals surface area (Å²) in [6.45, 7) is 7.24. The zero-order valence-electron chi connectivity index (χ0n) is 9.81. The van der Waals surface area contributed by atoms with Gasteiger partial charge in [0.15, 0.2) is 0 Å². The lowest BCUT2D eigenvalue weighted by molar-refractivity contribution is 0.508. The van der Waals surface area contributed by atoms with E-state index in [9.17, 15) is 4.39 Å². The van der Waals surface area contributed by atoms with E-state index in [4.69, 9.17) is 0 Å². The smallest absolute Gasteiger partial charge is 0.123 e. The molecule has 0 aliphatic heterocycles. The van der Waals surface area contributed by atoms with E-state index in [1.54, 1.807) is 12.1 Å². The molecule has 1 unspecified atom stereocenters. The average molecular weight is 209 g/mol. The Balaban J connectivity index is 2.70. The van der Waals surface area contributed by atoms with Crippen LogP contribution in [0.4, 0.5) is 4.39 Å². The number of benzene rings is 1. The molecule has 15 heavy (non-hydrogen) atoms. The summed E-state index contributed by atoms with van der Waals surface area (Å²) in [7, 11) is 0. The van der Waals surface area contributed by atoms with Crippen LogP contribution in [0.25, 0.3) is 0 Å². The molecule has 2 heteroatoms. The second-order valence-electron chi connectivity index (χ2n) is 3.94. The van der Waals surface area contributed by atoms with Crippen molar-refractivity contribution in [2.45, 2.75) is 39.7 Å². The maximum atomic E-state index is 12.9. The molecular weight excluding hydrogens is 189 g/mol. The molecular formula is C13H20FN. The number of hydrogen-bond acceptors (Lipinski definition) is 1. The van der Waals surface area contributed by atoms with Crippen molar-refractivity contribution in [2.75, 3.05) is 6.54 Å². The van der Waals surface area contributed by atoms with E-state index < -0.39 is 0 Å². The highest BCUT2D eigenvalue weighted by Gasteiger charge is 2.07. The first-order valence-electron chi connectivity index (χ1n) is 5.65. The van der Waals surface area contributed by atoms with Gasteiger partial charge in [0.05, 0.1) is 0 Å². The highest BCUT2D eigenvalue weighted by Crippen LogP contribution is 2.13. The quantitative estimate of drug-likeness (QED) is 0.786. The Kier molecular flexibility index (Phi) is 4.76. The predicted molar refractivity (Wildman–Crippen MR) is 62.6 cm³/mol. The van der Waals surface area contributed by atoms with Gasteiger partial charge in [0.2, 0.25) is 0 Å². The number of halogens is 1. The second kappa shape index (κ2) is 5.86. The summed E-state index contributed by atoms with van der Waals surface area (Å²) in [4.78, 5) is 0. The molecule has 1 aromatic carbocycles. The van der Waals surface area contributed by atoms with Gasteiger partial charge in [0, 0.05) is 6.04 Å². The third-order valence-electron chi connectivity index (χ3n) is 2.76. The Morgan fingerprint density at radius 1 is 1.33 bits per heavy atom. The normalized spacial score (nSPS) is 12.8. The van der Waals surface area contributed by atoms with Crippen molar-refractivity contribution >= 4 is 0 Å². The van der Waals surface area contributed by atoms with E-state index in [2.05, 4.69) is 19.2 Å². The molecule has 1 N–H and O–H groups in total. The van der Waals surface area contributed by atoms with Gasteiger partial charge in [0.25, 0.3) is 0 Å². The number of likely N-dealkylation sites (N-methyl/N-ethyl adjacent to an activating group) is 1. The molecule has 1 atom stereocenters. The lowest BCUT2D eigenvalue weighted by atomic mass is 9.99. The Labute approximate surface area is 91.7 Å². The number of rotatable bonds is 5. The van der Waals surface area contributed by atoms with Gasteiger partial charge in [-0.15, -0.1) is 0 Å². The maximum absolute atomic E-state index is 12.9. The van der Waals surface area contributed by atoms with Crippen molar-refractivity contribution in [3.8, 4) is 0 Å². The van der Waals surface area contributed by atoms with Crippen LogP contribution in [0.5, 0.6) is 0 Å². The van der Waals surface area contributed by atoms with Crippen molar-refractivity contribution in [1.82, 2.24) is 5.32 Å². The third kappa shape index (κ3) is 3.63. The van der Waals surface area contributed by atoms with Crippen LogP contribution >= 0.6 is 0 Å². The van der Waals surface area contributed by atoms with E-state index in [1.807, 2.05) is 13.0 Å². The predicted octanol–water partition coefficient (Wildman–Crippen LogP) is 3.06. The molecule has 0 saturated heterocycles. The van der Waals surface area contributed by atoms with Crippen LogP contribution in [0.1, 0.15) is 31.4 Å². The average Bonchev–Trinajstić information content (AvgIpc) is 2.21. The minimum absolute atomic E-state index is 0.146. The molecule has 1 rings (SSSR count). The van der Waals surface area contributed by atoms with Crippen molar-refractivity contribution in [1.29, 1.82) is 0 Å². The molecule has 84 valence electrons. The van der Waals surface area contributed by atoms with Crippen LogP contribution in [0.3, 0.4) is 0 Å². The van der Waals surface area contributed by atoms with Gasteiger partial charge < -0.3 is 5.32 Å². The molecule has 0 fully saturated rings. The van der Waals surface area contributed by atoms with Crippen LogP contribution in [-0.2, 0) is 6.42 Å². The molecule has 0 bridgehead atoms. The van der Waals surface area contributed by atoms with Crippen LogP contribution < -0.4 is 5.32 Å². The Morgan fingerprint density at radius 3 is 2.60 bits per heavy atom. The Hall–Kier alpha value is -0.890. The molecule has 0 aliphatic carbocycles. The van der Waals surface area contributed by atoms with Gasteiger partial charge in [-0.1, -0.05) is 19.9 Å². The number of hydrogen-bond donors (Lipinski definition) is 1. The molecule has 0 spiro atoms. The van der Waals surface area contributed by atoms with Gasteiger partial charge in [0.1, 0.15) is 5.82 Å². The first-order chi connectivity index (χ1) is 7.17. The first kappa shape index (κ1) is 12.2. The summed E-state index contributed by atoms with van der Waals surface area (Å²) in [5.41, 5.74) is 2.29. The lowest BCUT2D eigenvalue weighted by Gasteiger charge is -2.17.